The highest BCUT2D eigenvalue weighted by Crippen LogP contribution is 2.60. The van der Waals surface area contributed by atoms with Gasteiger partial charge >= 0.3 is 0 Å². The number of amides is 3. The Balaban J connectivity index is 1.50. The molecule has 6 atom stereocenters. The van der Waals surface area contributed by atoms with Crippen LogP contribution in [0.2, 0.25) is 5.02 Å². The van der Waals surface area contributed by atoms with Gasteiger partial charge in [0.25, 0.3) is 17.7 Å². The molecule has 2 aromatic carbocycles. The van der Waals surface area contributed by atoms with Crippen LogP contribution in [0.5, 0.6) is 0 Å². The van der Waals surface area contributed by atoms with Crippen LogP contribution in [0.4, 0.5) is 4.39 Å². The summed E-state index contributed by atoms with van der Waals surface area (Å²) in [7, 11) is 0. The second-order valence-electron chi connectivity index (χ2n) is 8.79. The fourth-order valence-corrected chi connectivity index (χ4v) is 7.41. The van der Waals surface area contributed by atoms with E-state index >= 15 is 0 Å². The van der Waals surface area contributed by atoms with Gasteiger partial charge in [0.1, 0.15) is 12.4 Å². The van der Waals surface area contributed by atoms with Crippen molar-refractivity contribution in [3.63, 3.8) is 0 Å². The van der Waals surface area contributed by atoms with Crippen molar-refractivity contribution in [1.29, 1.82) is 0 Å². The molecule has 176 valence electrons. The van der Waals surface area contributed by atoms with Crippen molar-refractivity contribution in [3.8, 4) is 0 Å². The first-order valence-corrected chi connectivity index (χ1v) is 12.9. The van der Waals surface area contributed by atoms with Crippen LogP contribution in [0.1, 0.15) is 27.1 Å². The van der Waals surface area contributed by atoms with Gasteiger partial charge in [-0.15, -0.1) is 0 Å². The summed E-state index contributed by atoms with van der Waals surface area (Å²) in [5.74, 6) is -3.82. The van der Waals surface area contributed by atoms with Crippen molar-refractivity contribution in [3.05, 3.63) is 70.5 Å². The normalized spacial score (nSPS) is 29.5. The standard InChI is InChI=1S/C24H18Br2ClFN2O4/c25-20-15-9-16(21(20)26)19-18(15)23(33)30(24(19)34)29(22(32)12-1-5-13(27)6-2-12)10-17(31)11-3-7-14(28)8-4-11/h1-8,15-16,18-21H,9-10H2/t15-,16-,18-,19+,20-,21+/m1/s1. The molecule has 2 bridgehead atoms. The first kappa shape index (κ1) is 23.6. The van der Waals surface area contributed by atoms with Gasteiger partial charge in [0.2, 0.25) is 0 Å². The summed E-state index contributed by atoms with van der Waals surface area (Å²) in [5, 5.41) is 2.19. The maximum absolute atomic E-state index is 13.5. The number of benzene rings is 2. The number of imide groups is 1. The van der Waals surface area contributed by atoms with Gasteiger partial charge in [-0.1, -0.05) is 43.5 Å². The number of hydrogen-bond acceptors (Lipinski definition) is 4. The zero-order valence-electron chi connectivity index (χ0n) is 17.5. The molecule has 0 aromatic heterocycles. The van der Waals surface area contributed by atoms with Gasteiger partial charge in [0.15, 0.2) is 5.78 Å². The molecule has 34 heavy (non-hydrogen) atoms. The molecule has 3 amide bonds. The molecule has 1 saturated heterocycles. The van der Waals surface area contributed by atoms with E-state index in [9.17, 15) is 23.6 Å². The molecule has 0 unspecified atom stereocenters. The predicted molar refractivity (Wildman–Crippen MR) is 129 cm³/mol. The minimum Gasteiger partial charge on any atom is -0.292 e. The Bertz CT molecular complexity index is 1160. The van der Waals surface area contributed by atoms with Gasteiger partial charge < -0.3 is 0 Å². The van der Waals surface area contributed by atoms with E-state index in [1.54, 1.807) is 0 Å². The molecule has 5 rings (SSSR count). The Morgan fingerprint density at radius 2 is 1.41 bits per heavy atom. The van der Waals surface area contributed by atoms with Crippen LogP contribution in [0, 0.1) is 29.5 Å². The number of nitrogens with zero attached hydrogens (tertiary/aromatic N) is 2. The zero-order chi connectivity index (χ0) is 24.3. The van der Waals surface area contributed by atoms with E-state index in [4.69, 9.17) is 11.6 Å². The Hall–Kier alpha value is -2.10. The molecular weight excluding hydrogens is 595 g/mol. The lowest BCUT2D eigenvalue weighted by Gasteiger charge is -2.31. The molecule has 0 N–H and O–H groups in total. The number of hydrazine groups is 1. The van der Waals surface area contributed by atoms with E-state index in [1.165, 1.54) is 36.4 Å². The van der Waals surface area contributed by atoms with E-state index in [0.717, 1.165) is 28.6 Å². The average Bonchev–Trinajstić information content (AvgIpc) is 3.43. The molecular formula is C24H18Br2ClFN2O4. The minimum atomic E-state index is -0.674. The van der Waals surface area contributed by atoms with Gasteiger partial charge in [-0.25, -0.2) is 9.40 Å². The fraction of sp³-hybridized carbons (Fsp3) is 0.333. The Morgan fingerprint density at radius 1 is 0.912 bits per heavy atom. The number of halogens is 4. The van der Waals surface area contributed by atoms with Gasteiger partial charge in [-0.2, -0.15) is 5.01 Å². The Morgan fingerprint density at radius 3 is 1.94 bits per heavy atom. The van der Waals surface area contributed by atoms with Crippen molar-refractivity contribution >= 4 is 67.0 Å². The number of rotatable bonds is 5. The highest BCUT2D eigenvalue weighted by molar-refractivity contribution is 9.12. The molecule has 2 saturated carbocycles. The number of carbonyl (C=O) groups excluding carboxylic acids is 4. The third kappa shape index (κ3) is 3.72. The smallest absolute Gasteiger partial charge is 0.273 e. The number of Topliss-reactive ketones (excluding diaryl/α,β-unsaturated/α-hetero) is 1. The van der Waals surface area contributed by atoms with Crippen LogP contribution in [-0.4, -0.2) is 49.7 Å². The Labute approximate surface area is 216 Å². The molecule has 6 nitrogen and oxygen atoms in total. The molecule has 3 aliphatic rings. The average molecular weight is 613 g/mol. The summed E-state index contributed by atoms with van der Waals surface area (Å²) in [6, 6.07) is 10.9. The van der Waals surface area contributed by atoms with Crippen LogP contribution in [0.25, 0.3) is 0 Å². The molecule has 10 heteroatoms. The minimum absolute atomic E-state index is 0.0386. The number of alkyl halides is 2. The number of carbonyl (C=O) groups is 4. The second-order valence-corrected chi connectivity index (χ2v) is 11.3. The lowest BCUT2D eigenvalue weighted by molar-refractivity contribution is -0.154. The quantitative estimate of drug-likeness (QED) is 0.283. The third-order valence-electron chi connectivity index (χ3n) is 6.99. The van der Waals surface area contributed by atoms with Crippen LogP contribution >= 0.6 is 43.5 Å². The maximum Gasteiger partial charge on any atom is 0.273 e. The summed E-state index contributed by atoms with van der Waals surface area (Å²) in [6.45, 7) is -0.547. The number of fused-ring (bicyclic) bond motifs is 5. The molecule has 0 radical (unpaired) electrons. The molecule has 3 fully saturated rings. The van der Waals surface area contributed by atoms with E-state index in [-0.39, 0.29) is 32.6 Å². The zero-order valence-corrected chi connectivity index (χ0v) is 21.5. The molecule has 1 aliphatic heterocycles. The predicted octanol–water partition coefficient (Wildman–Crippen LogP) is 4.50. The van der Waals surface area contributed by atoms with Crippen LogP contribution in [-0.2, 0) is 9.59 Å². The van der Waals surface area contributed by atoms with Crippen LogP contribution in [0.15, 0.2) is 48.5 Å². The van der Waals surface area contributed by atoms with Crippen LogP contribution < -0.4 is 0 Å². The highest BCUT2D eigenvalue weighted by Gasteiger charge is 2.67. The molecule has 2 aliphatic carbocycles. The molecule has 2 aromatic rings. The maximum atomic E-state index is 13.5. The van der Waals surface area contributed by atoms with E-state index in [1.807, 2.05) is 0 Å². The summed E-state index contributed by atoms with van der Waals surface area (Å²) in [6.07, 6.45) is 0.742. The summed E-state index contributed by atoms with van der Waals surface area (Å²) in [4.78, 5) is 53.6. The summed E-state index contributed by atoms with van der Waals surface area (Å²) in [5.41, 5.74) is 0.337. The van der Waals surface area contributed by atoms with Gasteiger partial charge in [-0.3, -0.25) is 19.2 Å². The lowest BCUT2D eigenvalue weighted by atomic mass is 9.81. The first-order chi connectivity index (χ1) is 16.2. The highest BCUT2D eigenvalue weighted by atomic mass is 79.9. The number of hydrogen-bond donors (Lipinski definition) is 0. The Kier molecular flexibility index (Phi) is 6.14. The van der Waals surface area contributed by atoms with Crippen molar-refractivity contribution in [2.45, 2.75) is 16.1 Å². The van der Waals surface area contributed by atoms with Crippen molar-refractivity contribution in [1.82, 2.24) is 10.0 Å². The van der Waals surface area contributed by atoms with E-state index in [2.05, 4.69) is 31.9 Å². The van der Waals surface area contributed by atoms with Gasteiger partial charge in [0, 0.05) is 25.8 Å². The summed E-state index contributed by atoms with van der Waals surface area (Å²) >= 11 is 13.2. The van der Waals surface area contributed by atoms with Crippen molar-refractivity contribution in [2.24, 2.45) is 23.7 Å². The lowest BCUT2D eigenvalue weighted by Crippen LogP contribution is -2.52. The third-order valence-corrected chi connectivity index (χ3v) is 10.4. The van der Waals surface area contributed by atoms with Gasteiger partial charge in [0.05, 0.1) is 11.8 Å². The van der Waals surface area contributed by atoms with E-state index < -0.39 is 47.7 Å². The largest absolute Gasteiger partial charge is 0.292 e. The van der Waals surface area contributed by atoms with Crippen molar-refractivity contribution < 1.29 is 23.6 Å². The summed E-state index contributed by atoms with van der Waals surface area (Å²) < 4.78 is 13.3. The van der Waals surface area contributed by atoms with Gasteiger partial charge in [-0.05, 0) is 66.8 Å². The second kappa shape index (κ2) is 8.84. The first-order valence-electron chi connectivity index (χ1n) is 10.7. The monoisotopic (exact) mass is 610 g/mol. The fourth-order valence-electron chi connectivity index (χ4n) is 5.41. The van der Waals surface area contributed by atoms with E-state index in [0.29, 0.717) is 5.02 Å². The topological polar surface area (TPSA) is 74.8 Å². The SMILES string of the molecule is O=C(CN(C(=O)c1ccc(Cl)cc1)N1C(=O)[C@@H]2[C@H]3C[C@@H]([C@H](Br)[C@@H]3Br)[C@@H]2C1=O)c1ccc(F)cc1. The molecule has 0 spiro atoms. The van der Waals surface area contributed by atoms with Crippen molar-refractivity contribution in [2.75, 3.05) is 6.54 Å². The molecule has 1 heterocycles. The number of ketones is 1. The van der Waals surface area contributed by atoms with Crippen LogP contribution in [0.3, 0.4) is 0 Å².